The third kappa shape index (κ3) is 2.05. The molecule has 2 heterocycles. The van der Waals surface area contributed by atoms with Gasteiger partial charge in [0.15, 0.2) is 0 Å². The minimum absolute atomic E-state index is 0.0340. The highest BCUT2D eigenvalue weighted by atomic mass is 16.1. The first-order chi connectivity index (χ1) is 8.33. The predicted octanol–water partition coefficient (Wildman–Crippen LogP) is 2.52. The van der Waals surface area contributed by atoms with Crippen molar-refractivity contribution < 1.29 is 0 Å². The van der Waals surface area contributed by atoms with Crippen LogP contribution in [0, 0.1) is 0 Å². The second kappa shape index (κ2) is 4.24. The van der Waals surface area contributed by atoms with E-state index in [9.17, 15) is 4.79 Å². The van der Waals surface area contributed by atoms with Gasteiger partial charge in [-0.1, -0.05) is 6.07 Å². The topological polar surface area (TPSA) is 36.1 Å². The number of hydrogen-bond donors (Lipinski definition) is 1. The zero-order valence-corrected chi connectivity index (χ0v) is 9.78. The summed E-state index contributed by atoms with van der Waals surface area (Å²) >= 11 is 0. The Kier molecular flexibility index (Phi) is 2.59. The maximum atomic E-state index is 11.3. The first kappa shape index (κ1) is 10.4. The van der Waals surface area contributed by atoms with Crippen molar-refractivity contribution >= 4 is 16.6 Å². The highest BCUT2D eigenvalue weighted by Gasteiger charge is 2.11. The average Bonchev–Trinajstić information content (AvgIpc) is 2.39. The van der Waals surface area contributed by atoms with Crippen molar-refractivity contribution in [2.45, 2.75) is 19.3 Å². The van der Waals surface area contributed by atoms with Gasteiger partial charge in [0, 0.05) is 24.8 Å². The van der Waals surface area contributed by atoms with Gasteiger partial charge in [-0.25, -0.2) is 0 Å². The van der Waals surface area contributed by atoms with E-state index in [0.29, 0.717) is 0 Å². The lowest BCUT2D eigenvalue weighted by Crippen LogP contribution is -2.29. The molecule has 0 saturated carbocycles. The molecule has 0 spiro atoms. The van der Waals surface area contributed by atoms with Crippen LogP contribution in [0.5, 0.6) is 0 Å². The number of aromatic nitrogens is 1. The SMILES string of the molecule is O=c1ccc2ccc(N3CCCCC3)cc2[nH]1. The molecular weight excluding hydrogens is 212 g/mol. The number of anilines is 1. The molecule has 17 heavy (non-hydrogen) atoms. The predicted molar refractivity (Wildman–Crippen MR) is 70.6 cm³/mol. The Morgan fingerprint density at radius 2 is 1.76 bits per heavy atom. The summed E-state index contributed by atoms with van der Waals surface area (Å²) in [7, 11) is 0. The Labute approximate surface area is 100 Å². The molecule has 1 aliphatic rings. The van der Waals surface area contributed by atoms with Crippen LogP contribution in [0.25, 0.3) is 10.9 Å². The maximum Gasteiger partial charge on any atom is 0.248 e. The van der Waals surface area contributed by atoms with Crippen molar-refractivity contribution in [1.29, 1.82) is 0 Å². The van der Waals surface area contributed by atoms with Crippen LogP contribution in [0.4, 0.5) is 5.69 Å². The van der Waals surface area contributed by atoms with Gasteiger partial charge in [0.2, 0.25) is 5.56 Å². The molecule has 3 nitrogen and oxygen atoms in total. The van der Waals surface area contributed by atoms with Crippen LogP contribution in [0.2, 0.25) is 0 Å². The van der Waals surface area contributed by atoms with Crippen LogP contribution >= 0.6 is 0 Å². The molecule has 3 rings (SSSR count). The number of nitrogens with zero attached hydrogens (tertiary/aromatic N) is 1. The molecule has 88 valence electrons. The van der Waals surface area contributed by atoms with Crippen molar-refractivity contribution in [3.63, 3.8) is 0 Å². The fourth-order valence-corrected chi connectivity index (χ4v) is 2.49. The van der Waals surface area contributed by atoms with E-state index in [2.05, 4.69) is 28.1 Å². The molecule has 0 unspecified atom stereocenters. The summed E-state index contributed by atoms with van der Waals surface area (Å²) in [5.41, 5.74) is 2.12. The molecule has 0 amide bonds. The summed E-state index contributed by atoms with van der Waals surface area (Å²) in [5.74, 6) is 0. The monoisotopic (exact) mass is 228 g/mol. The lowest BCUT2D eigenvalue weighted by molar-refractivity contribution is 0.578. The van der Waals surface area contributed by atoms with E-state index in [1.54, 1.807) is 6.07 Å². The minimum Gasteiger partial charge on any atom is -0.371 e. The maximum absolute atomic E-state index is 11.3. The Bertz CT molecular complexity index is 582. The van der Waals surface area contributed by atoms with Crippen LogP contribution in [-0.4, -0.2) is 18.1 Å². The van der Waals surface area contributed by atoms with Gasteiger partial charge in [-0.2, -0.15) is 0 Å². The van der Waals surface area contributed by atoms with Gasteiger partial charge in [-0.3, -0.25) is 4.79 Å². The van der Waals surface area contributed by atoms with Crippen LogP contribution in [0.15, 0.2) is 35.1 Å². The van der Waals surface area contributed by atoms with E-state index < -0.39 is 0 Å². The van der Waals surface area contributed by atoms with Gasteiger partial charge in [0.05, 0.1) is 5.52 Å². The Morgan fingerprint density at radius 1 is 1.00 bits per heavy atom. The third-order valence-corrected chi connectivity index (χ3v) is 3.43. The highest BCUT2D eigenvalue weighted by Crippen LogP contribution is 2.23. The summed E-state index contributed by atoms with van der Waals surface area (Å²) < 4.78 is 0. The smallest absolute Gasteiger partial charge is 0.248 e. The molecule has 0 radical (unpaired) electrons. The van der Waals surface area contributed by atoms with Gasteiger partial charge in [-0.15, -0.1) is 0 Å². The zero-order valence-electron chi connectivity index (χ0n) is 9.78. The van der Waals surface area contributed by atoms with Crippen LogP contribution in [0.1, 0.15) is 19.3 Å². The van der Waals surface area contributed by atoms with E-state index in [1.807, 2.05) is 6.07 Å². The van der Waals surface area contributed by atoms with E-state index in [-0.39, 0.29) is 5.56 Å². The Hall–Kier alpha value is -1.77. The lowest BCUT2D eigenvalue weighted by atomic mass is 10.1. The van der Waals surface area contributed by atoms with Gasteiger partial charge >= 0.3 is 0 Å². The molecule has 0 bridgehead atoms. The van der Waals surface area contributed by atoms with E-state index in [0.717, 1.165) is 24.0 Å². The summed E-state index contributed by atoms with van der Waals surface area (Å²) in [6.45, 7) is 2.26. The fraction of sp³-hybridized carbons (Fsp3) is 0.357. The number of fused-ring (bicyclic) bond motifs is 1. The molecule has 1 fully saturated rings. The van der Waals surface area contributed by atoms with Gasteiger partial charge in [0.25, 0.3) is 0 Å². The number of pyridine rings is 1. The summed E-state index contributed by atoms with van der Waals surface area (Å²) in [4.78, 5) is 16.6. The standard InChI is InChI=1S/C14H16N2O/c17-14-7-5-11-4-6-12(10-13(11)15-14)16-8-2-1-3-9-16/h4-7,10H,1-3,8-9H2,(H,15,17). The van der Waals surface area contributed by atoms with Crippen LogP contribution in [0.3, 0.4) is 0 Å². The second-order valence-electron chi connectivity index (χ2n) is 4.64. The molecule has 1 aliphatic heterocycles. The van der Waals surface area contributed by atoms with E-state index >= 15 is 0 Å². The van der Waals surface area contributed by atoms with Crippen molar-refractivity contribution in [1.82, 2.24) is 4.98 Å². The lowest BCUT2D eigenvalue weighted by Gasteiger charge is -2.28. The Morgan fingerprint density at radius 3 is 2.59 bits per heavy atom. The summed E-state index contributed by atoms with van der Waals surface area (Å²) in [5, 5.41) is 1.09. The zero-order chi connectivity index (χ0) is 11.7. The fourth-order valence-electron chi connectivity index (χ4n) is 2.49. The van der Waals surface area contributed by atoms with Crippen molar-refractivity contribution in [3.8, 4) is 0 Å². The molecular formula is C14H16N2O. The number of H-pyrrole nitrogens is 1. The minimum atomic E-state index is -0.0340. The molecule has 0 atom stereocenters. The molecule has 3 heteroatoms. The van der Waals surface area contributed by atoms with Crippen molar-refractivity contribution in [2.75, 3.05) is 18.0 Å². The average molecular weight is 228 g/mol. The van der Waals surface area contributed by atoms with E-state index in [1.165, 1.54) is 24.9 Å². The quantitative estimate of drug-likeness (QED) is 0.814. The molecule has 2 aromatic rings. The number of nitrogens with one attached hydrogen (secondary N) is 1. The Balaban J connectivity index is 2.02. The van der Waals surface area contributed by atoms with Crippen LogP contribution < -0.4 is 10.5 Å². The van der Waals surface area contributed by atoms with Gasteiger partial charge in [-0.05, 0) is 42.8 Å². The number of rotatable bonds is 1. The molecule has 1 saturated heterocycles. The third-order valence-electron chi connectivity index (χ3n) is 3.43. The molecule has 1 aromatic carbocycles. The largest absolute Gasteiger partial charge is 0.371 e. The molecule has 1 aromatic heterocycles. The summed E-state index contributed by atoms with van der Waals surface area (Å²) in [6, 6.07) is 9.75. The summed E-state index contributed by atoms with van der Waals surface area (Å²) in [6.07, 6.45) is 3.87. The highest BCUT2D eigenvalue weighted by molar-refractivity contribution is 5.82. The number of hydrogen-bond acceptors (Lipinski definition) is 2. The van der Waals surface area contributed by atoms with Gasteiger partial charge in [0.1, 0.15) is 0 Å². The van der Waals surface area contributed by atoms with Crippen LogP contribution in [-0.2, 0) is 0 Å². The number of benzene rings is 1. The van der Waals surface area contributed by atoms with Crippen molar-refractivity contribution in [2.24, 2.45) is 0 Å². The van der Waals surface area contributed by atoms with Gasteiger partial charge < -0.3 is 9.88 Å². The van der Waals surface area contributed by atoms with Crippen molar-refractivity contribution in [3.05, 3.63) is 40.7 Å². The first-order valence-corrected chi connectivity index (χ1v) is 6.21. The number of piperidine rings is 1. The normalized spacial score (nSPS) is 16.4. The number of aromatic amines is 1. The second-order valence-corrected chi connectivity index (χ2v) is 4.64. The first-order valence-electron chi connectivity index (χ1n) is 6.21. The molecule has 0 aliphatic carbocycles. The molecule has 1 N–H and O–H groups in total. The van der Waals surface area contributed by atoms with E-state index in [4.69, 9.17) is 0 Å².